The molecule has 0 aromatic heterocycles. The van der Waals surface area contributed by atoms with E-state index in [1.54, 1.807) is 24.3 Å². The van der Waals surface area contributed by atoms with Crippen LogP contribution in [0.25, 0.3) is 0 Å². The van der Waals surface area contributed by atoms with Crippen LogP contribution in [0.1, 0.15) is 24.2 Å². The van der Waals surface area contributed by atoms with Gasteiger partial charge >= 0.3 is 0 Å². The number of hydrogen-bond donors (Lipinski definition) is 3. The zero-order valence-corrected chi connectivity index (χ0v) is 11.7. The van der Waals surface area contributed by atoms with Crippen molar-refractivity contribution < 1.29 is 9.59 Å². The Morgan fingerprint density at radius 3 is 2.65 bits per heavy atom. The number of anilines is 1. The summed E-state index contributed by atoms with van der Waals surface area (Å²) in [6, 6.07) is 6.94. The molecule has 0 bridgehead atoms. The van der Waals surface area contributed by atoms with Crippen molar-refractivity contribution in [3.63, 3.8) is 0 Å². The van der Waals surface area contributed by atoms with Crippen LogP contribution in [-0.2, 0) is 4.79 Å². The largest absolute Gasteiger partial charge is 0.352 e. The number of amides is 2. The van der Waals surface area contributed by atoms with Crippen LogP contribution in [0.2, 0.25) is 0 Å². The van der Waals surface area contributed by atoms with E-state index in [1.807, 2.05) is 13.8 Å². The lowest BCUT2D eigenvalue weighted by molar-refractivity contribution is -0.112. The summed E-state index contributed by atoms with van der Waals surface area (Å²) >= 11 is 0. The summed E-state index contributed by atoms with van der Waals surface area (Å²) in [4.78, 5) is 23.8. The molecule has 0 saturated carbocycles. The highest BCUT2D eigenvalue weighted by Gasteiger charge is 2.16. The maximum atomic E-state index is 12.1. The minimum atomic E-state index is -0.137. The van der Waals surface area contributed by atoms with Crippen molar-refractivity contribution in [1.82, 2.24) is 10.6 Å². The molecule has 0 aliphatic carbocycles. The Labute approximate surface area is 118 Å². The van der Waals surface area contributed by atoms with Gasteiger partial charge in [0.2, 0.25) is 0 Å². The number of nitrogens with one attached hydrogen (secondary N) is 3. The molecule has 0 radical (unpaired) electrons. The van der Waals surface area contributed by atoms with Crippen LogP contribution in [0.4, 0.5) is 5.69 Å². The number of hydrogen-bond acceptors (Lipinski definition) is 3. The zero-order chi connectivity index (χ0) is 14.5. The van der Waals surface area contributed by atoms with Crippen LogP contribution in [0.15, 0.2) is 35.4 Å². The first-order valence-electron chi connectivity index (χ1n) is 6.70. The Bertz CT molecular complexity index is 558. The van der Waals surface area contributed by atoms with E-state index >= 15 is 0 Å². The van der Waals surface area contributed by atoms with Gasteiger partial charge in [-0.3, -0.25) is 9.59 Å². The lowest BCUT2D eigenvalue weighted by Crippen LogP contribution is -2.36. The first kappa shape index (κ1) is 14.3. The first-order chi connectivity index (χ1) is 9.61. The van der Waals surface area contributed by atoms with Crippen molar-refractivity contribution in [1.29, 1.82) is 0 Å². The summed E-state index contributed by atoms with van der Waals surface area (Å²) in [6.07, 6.45) is 0. The molecule has 2 rings (SSSR count). The van der Waals surface area contributed by atoms with Crippen molar-refractivity contribution in [2.75, 3.05) is 25.0 Å². The maximum absolute atomic E-state index is 12.1. The second kappa shape index (κ2) is 6.34. The SMILES string of the molecule is CCNC(=O)c1cccc(NC(=O)C(C)=C2CNC2)c1. The van der Waals surface area contributed by atoms with Gasteiger partial charge in [0.05, 0.1) is 0 Å². The second-order valence-corrected chi connectivity index (χ2v) is 4.73. The van der Waals surface area contributed by atoms with E-state index in [0.717, 1.165) is 24.2 Å². The Morgan fingerprint density at radius 1 is 1.30 bits per heavy atom. The van der Waals surface area contributed by atoms with Crippen LogP contribution >= 0.6 is 0 Å². The number of rotatable bonds is 4. The van der Waals surface area contributed by atoms with E-state index < -0.39 is 0 Å². The Kier molecular flexibility index (Phi) is 4.53. The quantitative estimate of drug-likeness (QED) is 0.724. The Hall–Kier alpha value is -2.14. The second-order valence-electron chi connectivity index (χ2n) is 4.73. The third kappa shape index (κ3) is 3.24. The topological polar surface area (TPSA) is 70.2 Å². The van der Waals surface area contributed by atoms with Crippen LogP contribution in [0, 0.1) is 0 Å². The maximum Gasteiger partial charge on any atom is 0.251 e. The van der Waals surface area contributed by atoms with Crippen molar-refractivity contribution in [2.24, 2.45) is 0 Å². The Morgan fingerprint density at radius 2 is 2.05 bits per heavy atom. The van der Waals surface area contributed by atoms with E-state index in [4.69, 9.17) is 0 Å². The standard InChI is InChI=1S/C15H19N3O2/c1-3-17-15(20)11-5-4-6-13(7-11)18-14(19)10(2)12-8-16-9-12/h4-7,16H,3,8-9H2,1-2H3,(H,17,20)(H,18,19). The molecule has 106 valence electrons. The van der Waals surface area contributed by atoms with E-state index in [2.05, 4.69) is 16.0 Å². The molecule has 1 aromatic carbocycles. The predicted molar refractivity (Wildman–Crippen MR) is 78.6 cm³/mol. The lowest BCUT2D eigenvalue weighted by Gasteiger charge is -2.21. The van der Waals surface area contributed by atoms with Crippen LogP contribution in [0.3, 0.4) is 0 Å². The van der Waals surface area contributed by atoms with Gasteiger partial charge in [-0.15, -0.1) is 0 Å². The molecule has 1 aromatic rings. The van der Waals surface area contributed by atoms with Gasteiger partial charge in [0.15, 0.2) is 0 Å². The van der Waals surface area contributed by atoms with Crippen molar-refractivity contribution >= 4 is 17.5 Å². The van der Waals surface area contributed by atoms with Gasteiger partial charge in [-0.1, -0.05) is 6.07 Å². The van der Waals surface area contributed by atoms with Crippen molar-refractivity contribution in [3.05, 3.63) is 41.0 Å². The molecule has 1 fully saturated rings. The van der Waals surface area contributed by atoms with Crippen LogP contribution < -0.4 is 16.0 Å². The van der Waals surface area contributed by atoms with Gasteiger partial charge in [-0.05, 0) is 37.6 Å². The first-order valence-corrected chi connectivity index (χ1v) is 6.70. The molecule has 0 atom stereocenters. The fourth-order valence-electron chi connectivity index (χ4n) is 1.90. The van der Waals surface area contributed by atoms with Gasteiger partial charge < -0.3 is 16.0 Å². The lowest BCUT2D eigenvalue weighted by atomic mass is 10.0. The number of carbonyl (C=O) groups is 2. The molecule has 5 nitrogen and oxygen atoms in total. The monoisotopic (exact) mass is 273 g/mol. The fourth-order valence-corrected chi connectivity index (χ4v) is 1.90. The number of carbonyl (C=O) groups excluding carboxylic acids is 2. The third-order valence-corrected chi connectivity index (χ3v) is 3.27. The molecule has 0 spiro atoms. The highest BCUT2D eigenvalue weighted by atomic mass is 16.2. The summed E-state index contributed by atoms with van der Waals surface area (Å²) < 4.78 is 0. The average Bonchev–Trinajstić information content (AvgIpc) is 2.37. The van der Waals surface area contributed by atoms with Crippen LogP contribution in [0.5, 0.6) is 0 Å². The van der Waals surface area contributed by atoms with E-state index in [1.165, 1.54) is 0 Å². The highest BCUT2D eigenvalue weighted by molar-refractivity contribution is 6.05. The average molecular weight is 273 g/mol. The molecule has 1 saturated heterocycles. The molecule has 1 heterocycles. The molecule has 2 amide bonds. The minimum Gasteiger partial charge on any atom is -0.352 e. The van der Waals surface area contributed by atoms with Gasteiger partial charge in [0, 0.05) is 36.5 Å². The summed E-state index contributed by atoms with van der Waals surface area (Å²) in [7, 11) is 0. The summed E-state index contributed by atoms with van der Waals surface area (Å²) in [5.41, 5.74) is 3.04. The van der Waals surface area contributed by atoms with E-state index in [-0.39, 0.29) is 11.8 Å². The Balaban J connectivity index is 2.08. The molecule has 1 aliphatic rings. The van der Waals surface area contributed by atoms with Gasteiger partial charge in [-0.25, -0.2) is 0 Å². The predicted octanol–water partition coefficient (Wildman–Crippen LogP) is 1.29. The van der Waals surface area contributed by atoms with Crippen LogP contribution in [-0.4, -0.2) is 31.4 Å². The normalized spacial score (nSPS) is 13.4. The number of benzene rings is 1. The van der Waals surface area contributed by atoms with E-state index in [9.17, 15) is 9.59 Å². The van der Waals surface area contributed by atoms with Crippen molar-refractivity contribution in [3.8, 4) is 0 Å². The zero-order valence-electron chi connectivity index (χ0n) is 11.7. The molecule has 1 aliphatic heterocycles. The summed E-state index contributed by atoms with van der Waals surface area (Å²) in [6.45, 7) is 5.81. The minimum absolute atomic E-state index is 0.116. The van der Waals surface area contributed by atoms with Crippen molar-refractivity contribution in [2.45, 2.75) is 13.8 Å². The van der Waals surface area contributed by atoms with Gasteiger partial charge in [-0.2, -0.15) is 0 Å². The molecule has 5 heteroatoms. The van der Waals surface area contributed by atoms with Gasteiger partial charge in [0.1, 0.15) is 0 Å². The molecule has 3 N–H and O–H groups in total. The molecular weight excluding hydrogens is 254 g/mol. The highest BCUT2D eigenvalue weighted by Crippen LogP contribution is 2.14. The summed E-state index contributed by atoms with van der Waals surface area (Å²) in [5.74, 6) is -0.253. The molecular formula is C15H19N3O2. The van der Waals surface area contributed by atoms with Gasteiger partial charge in [0.25, 0.3) is 11.8 Å². The molecule has 20 heavy (non-hydrogen) atoms. The molecule has 0 unspecified atom stereocenters. The fraction of sp³-hybridized carbons (Fsp3) is 0.333. The summed E-state index contributed by atoms with van der Waals surface area (Å²) in [5, 5.41) is 8.66. The smallest absolute Gasteiger partial charge is 0.251 e. The third-order valence-electron chi connectivity index (χ3n) is 3.27. The van der Waals surface area contributed by atoms with E-state index in [0.29, 0.717) is 17.8 Å².